The first-order valence-corrected chi connectivity index (χ1v) is 9.66. The molecule has 0 atom stereocenters. The van der Waals surface area contributed by atoms with Gasteiger partial charge in [-0.25, -0.2) is 9.78 Å². The van der Waals surface area contributed by atoms with Crippen LogP contribution in [0.4, 0.5) is 13.2 Å². The molecule has 0 fully saturated rings. The largest absolute Gasteiger partial charge is 0.462 e. The van der Waals surface area contributed by atoms with Crippen molar-refractivity contribution < 1.29 is 22.7 Å². The number of carbonyl (C=O) groups excluding carboxylic acids is 1. The lowest BCUT2D eigenvalue weighted by molar-refractivity contribution is -0.138. The molecule has 0 radical (unpaired) electrons. The molecule has 0 unspecified atom stereocenters. The minimum absolute atomic E-state index is 0.0253. The Morgan fingerprint density at radius 1 is 1.14 bits per heavy atom. The molecule has 3 aromatic rings. The van der Waals surface area contributed by atoms with Crippen LogP contribution in [-0.4, -0.2) is 22.1 Å². The highest BCUT2D eigenvalue weighted by Crippen LogP contribution is 2.33. The van der Waals surface area contributed by atoms with Gasteiger partial charge >= 0.3 is 12.1 Å². The Morgan fingerprint density at radius 2 is 1.90 bits per heavy atom. The second-order valence-corrected chi connectivity index (χ2v) is 6.80. The number of alkyl halides is 3. The van der Waals surface area contributed by atoms with Gasteiger partial charge in [0.2, 0.25) is 0 Å². The lowest BCUT2D eigenvalue weighted by Crippen LogP contribution is -2.13. The Bertz CT molecular complexity index is 1010. The fourth-order valence-electron chi connectivity index (χ4n) is 3.32. The van der Waals surface area contributed by atoms with Gasteiger partial charge in [0, 0.05) is 13.0 Å². The molecule has 154 valence electrons. The normalized spacial score (nSPS) is 11.8. The molecule has 0 bridgehead atoms. The number of hydrogen-bond acceptors (Lipinski definition) is 3. The van der Waals surface area contributed by atoms with E-state index in [1.807, 2.05) is 6.92 Å². The molecule has 1 aromatic heterocycles. The second-order valence-electron chi connectivity index (χ2n) is 6.80. The number of unbranched alkanes of at least 4 members (excludes halogenated alkanes) is 1. The number of fused-ring (bicyclic) bond motifs is 1. The monoisotopic (exact) mass is 404 g/mol. The zero-order valence-corrected chi connectivity index (χ0v) is 16.4. The topological polar surface area (TPSA) is 44.1 Å². The minimum atomic E-state index is -4.44. The molecule has 0 spiro atoms. The summed E-state index contributed by atoms with van der Waals surface area (Å²) in [6, 6.07) is 10.5. The van der Waals surface area contributed by atoms with Crippen molar-refractivity contribution in [2.45, 2.75) is 45.8 Å². The molecular weight excluding hydrogens is 381 g/mol. The van der Waals surface area contributed by atoms with Gasteiger partial charge in [0.15, 0.2) is 0 Å². The third-order valence-corrected chi connectivity index (χ3v) is 4.74. The fourth-order valence-corrected chi connectivity index (χ4v) is 3.32. The molecule has 4 nitrogen and oxygen atoms in total. The van der Waals surface area contributed by atoms with E-state index < -0.39 is 17.7 Å². The first-order chi connectivity index (χ1) is 13.8. The van der Waals surface area contributed by atoms with Crippen molar-refractivity contribution in [2.24, 2.45) is 0 Å². The fraction of sp³-hybridized carbons (Fsp3) is 0.364. The molecular formula is C22H23F3N2O2. The Balaban J connectivity index is 2.11. The lowest BCUT2D eigenvalue weighted by atomic mass is 10.1. The molecule has 0 N–H and O–H groups in total. The summed E-state index contributed by atoms with van der Waals surface area (Å²) >= 11 is 0. The maximum atomic E-state index is 13.5. The summed E-state index contributed by atoms with van der Waals surface area (Å²) < 4.78 is 47.2. The van der Waals surface area contributed by atoms with Gasteiger partial charge in [-0.15, -0.1) is 0 Å². The molecule has 1 heterocycles. The van der Waals surface area contributed by atoms with E-state index in [9.17, 15) is 18.0 Å². The van der Waals surface area contributed by atoms with Crippen LogP contribution < -0.4 is 0 Å². The van der Waals surface area contributed by atoms with Gasteiger partial charge in [-0.1, -0.05) is 31.5 Å². The highest BCUT2D eigenvalue weighted by atomic mass is 19.4. The molecule has 0 saturated carbocycles. The molecule has 3 rings (SSSR count). The molecule has 2 aromatic carbocycles. The van der Waals surface area contributed by atoms with Gasteiger partial charge in [0.1, 0.15) is 5.82 Å². The molecule has 29 heavy (non-hydrogen) atoms. The number of benzene rings is 2. The van der Waals surface area contributed by atoms with Crippen LogP contribution >= 0.6 is 0 Å². The summed E-state index contributed by atoms with van der Waals surface area (Å²) in [5, 5.41) is 0. The van der Waals surface area contributed by atoms with Gasteiger partial charge in [-0.2, -0.15) is 13.2 Å². The summed E-state index contributed by atoms with van der Waals surface area (Å²) in [7, 11) is 0. The number of ether oxygens (including phenoxy) is 1. The summed E-state index contributed by atoms with van der Waals surface area (Å²) in [4.78, 5) is 16.7. The molecule has 0 saturated heterocycles. The first kappa shape index (κ1) is 20.9. The van der Waals surface area contributed by atoms with E-state index in [2.05, 4.69) is 4.98 Å². The number of imidazole rings is 1. The van der Waals surface area contributed by atoms with Crippen LogP contribution in [0.1, 0.15) is 54.0 Å². The lowest BCUT2D eigenvalue weighted by Gasteiger charge is -2.15. The molecule has 0 aliphatic rings. The van der Waals surface area contributed by atoms with E-state index in [1.54, 1.807) is 35.8 Å². The number of rotatable bonds is 7. The van der Waals surface area contributed by atoms with E-state index in [1.165, 1.54) is 12.1 Å². The smallest absolute Gasteiger partial charge is 0.416 e. The minimum Gasteiger partial charge on any atom is -0.462 e. The SMILES string of the molecule is CCCCc1nc2ccc(C(=O)OCC)cc2n1Cc1ccccc1C(F)(F)F. The molecule has 0 amide bonds. The predicted octanol–water partition coefficient (Wildman–Crippen LogP) is 5.62. The average molecular weight is 404 g/mol. The predicted molar refractivity (Wildman–Crippen MR) is 105 cm³/mol. The van der Waals surface area contributed by atoms with E-state index >= 15 is 0 Å². The van der Waals surface area contributed by atoms with Crippen LogP contribution in [0.2, 0.25) is 0 Å². The number of hydrogen-bond donors (Lipinski definition) is 0. The summed E-state index contributed by atoms with van der Waals surface area (Å²) in [6.45, 7) is 4.04. The van der Waals surface area contributed by atoms with Crippen LogP contribution in [0, 0.1) is 0 Å². The van der Waals surface area contributed by atoms with Crippen molar-refractivity contribution in [1.82, 2.24) is 9.55 Å². The van der Waals surface area contributed by atoms with Crippen LogP contribution in [0.5, 0.6) is 0 Å². The number of aryl methyl sites for hydroxylation is 1. The van der Waals surface area contributed by atoms with Crippen molar-refractivity contribution in [1.29, 1.82) is 0 Å². The van der Waals surface area contributed by atoms with Crippen LogP contribution in [0.3, 0.4) is 0 Å². The molecule has 7 heteroatoms. The standard InChI is InChI=1S/C22H23F3N2O2/c1-3-5-10-20-26-18-12-11-15(21(28)29-4-2)13-19(18)27(20)14-16-8-6-7-9-17(16)22(23,24)25/h6-9,11-13H,3-5,10,14H2,1-2H3. The first-order valence-electron chi connectivity index (χ1n) is 9.66. The Morgan fingerprint density at radius 3 is 2.59 bits per heavy atom. The zero-order valence-electron chi connectivity index (χ0n) is 16.4. The van der Waals surface area contributed by atoms with Crippen molar-refractivity contribution in [2.75, 3.05) is 6.61 Å². The van der Waals surface area contributed by atoms with Gasteiger partial charge in [0.25, 0.3) is 0 Å². The number of carbonyl (C=O) groups is 1. The van der Waals surface area contributed by atoms with Crippen LogP contribution in [0.15, 0.2) is 42.5 Å². The maximum Gasteiger partial charge on any atom is 0.416 e. The van der Waals surface area contributed by atoms with Crippen molar-refractivity contribution in [3.05, 3.63) is 65.0 Å². The third-order valence-electron chi connectivity index (χ3n) is 4.74. The second kappa shape index (κ2) is 8.68. The van der Waals surface area contributed by atoms with E-state index in [0.717, 1.165) is 18.9 Å². The van der Waals surface area contributed by atoms with Crippen LogP contribution in [0.25, 0.3) is 11.0 Å². The van der Waals surface area contributed by atoms with E-state index in [0.29, 0.717) is 28.8 Å². The molecule has 0 aliphatic carbocycles. The highest BCUT2D eigenvalue weighted by Gasteiger charge is 2.33. The summed E-state index contributed by atoms with van der Waals surface area (Å²) in [5.41, 5.74) is 1.13. The van der Waals surface area contributed by atoms with Crippen LogP contribution in [-0.2, 0) is 23.9 Å². The Hall–Kier alpha value is -2.83. The van der Waals surface area contributed by atoms with Crippen molar-refractivity contribution in [3.63, 3.8) is 0 Å². The average Bonchev–Trinajstić information content (AvgIpc) is 3.03. The number of esters is 1. The van der Waals surface area contributed by atoms with Gasteiger partial charge in [-0.05, 0) is 43.2 Å². The quantitative estimate of drug-likeness (QED) is 0.480. The third kappa shape index (κ3) is 4.60. The Kier molecular flexibility index (Phi) is 6.25. The summed E-state index contributed by atoms with van der Waals surface area (Å²) in [6.07, 6.45) is -1.98. The molecule has 0 aliphatic heterocycles. The maximum absolute atomic E-state index is 13.5. The van der Waals surface area contributed by atoms with Gasteiger partial charge in [-0.3, -0.25) is 0 Å². The highest BCUT2D eigenvalue weighted by molar-refractivity contribution is 5.93. The zero-order chi connectivity index (χ0) is 21.0. The van der Waals surface area contributed by atoms with Crippen molar-refractivity contribution in [3.8, 4) is 0 Å². The van der Waals surface area contributed by atoms with E-state index in [4.69, 9.17) is 4.74 Å². The van der Waals surface area contributed by atoms with Gasteiger partial charge in [0.05, 0.1) is 28.8 Å². The number of halogens is 3. The van der Waals surface area contributed by atoms with Gasteiger partial charge < -0.3 is 9.30 Å². The van der Waals surface area contributed by atoms with E-state index in [-0.39, 0.29) is 18.7 Å². The number of aromatic nitrogens is 2. The number of nitrogens with zero attached hydrogens (tertiary/aromatic N) is 2. The van der Waals surface area contributed by atoms with Crippen molar-refractivity contribution >= 4 is 17.0 Å². The Labute approximate surface area is 167 Å². The summed E-state index contributed by atoms with van der Waals surface area (Å²) in [5.74, 6) is 0.243.